The van der Waals surface area contributed by atoms with E-state index in [0.717, 1.165) is 48.5 Å². The van der Waals surface area contributed by atoms with Crippen LogP contribution in [0.25, 0.3) is 0 Å². The normalized spacial score (nSPS) is 18.5. The maximum absolute atomic E-state index is 13.3. The van der Waals surface area contributed by atoms with E-state index < -0.39 is 6.04 Å². The minimum atomic E-state index is -0.426. The van der Waals surface area contributed by atoms with Crippen molar-refractivity contribution in [3.8, 4) is 0 Å². The number of nitrogens with one attached hydrogen (secondary N) is 1. The van der Waals surface area contributed by atoms with E-state index in [0.29, 0.717) is 6.54 Å². The Hall–Kier alpha value is -2.34. The molecule has 2 heterocycles. The van der Waals surface area contributed by atoms with Crippen molar-refractivity contribution >= 4 is 5.91 Å². The highest BCUT2D eigenvalue weighted by molar-refractivity contribution is 5.83. The van der Waals surface area contributed by atoms with Gasteiger partial charge in [-0.15, -0.1) is 0 Å². The summed E-state index contributed by atoms with van der Waals surface area (Å²) in [4.78, 5) is 23.8. The fraction of sp³-hybridized carbons (Fsp3) is 0.421. The SMILES string of the molecule is Cc1ncc2c(n1)CN(C(C(=O)NC1CC1)c1ccc(F)cc1)CC2. The van der Waals surface area contributed by atoms with E-state index in [1.165, 1.54) is 12.1 Å². The molecule has 2 aromatic rings. The number of fused-ring (bicyclic) bond motifs is 1. The van der Waals surface area contributed by atoms with Gasteiger partial charge in [-0.3, -0.25) is 9.69 Å². The van der Waals surface area contributed by atoms with Crippen LogP contribution in [0.3, 0.4) is 0 Å². The predicted octanol–water partition coefficient (Wildman–Crippen LogP) is 2.30. The van der Waals surface area contributed by atoms with Gasteiger partial charge in [0.25, 0.3) is 0 Å². The number of nitrogens with zero attached hydrogens (tertiary/aromatic N) is 3. The van der Waals surface area contributed by atoms with Crippen LogP contribution in [0.15, 0.2) is 30.5 Å². The summed E-state index contributed by atoms with van der Waals surface area (Å²) in [5.74, 6) is 0.433. The van der Waals surface area contributed by atoms with Crippen molar-refractivity contribution in [3.63, 3.8) is 0 Å². The molecule has 1 amide bonds. The third-order valence-corrected chi connectivity index (χ3v) is 4.82. The van der Waals surface area contributed by atoms with Crippen LogP contribution in [0.5, 0.6) is 0 Å². The van der Waals surface area contributed by atoms with E-state index in [4.69, 9.17) is 0 Å². The number of carbonyl (C=O) groups is 1. The summed E-state index contributed by atoms with van der Waals surface area (Å²) < 4.78 is 13.3. The zero-order valence-electron chi connectivity index (χ0n) is 14.2. The molecular formula is C19H21FN4O. The Bertz CT molecular complexity index is 789. The van der Waals surface area contributed by atoms with Crippen molar-refractivity contribution in [3.05, 3.63) is 58.9 Å². The van der Waals surface area contributed by atoms with Crippen molar-refractivity contribution in [2.45, 2.75) is 44.8 Å². The second-order valence-corrected chi connectivity index (χ2v) is 6.85. The number of aryl methyl sites for hydroxylation is 1. The molecule has 1 aliphatic heterocycles. The molecule has 0 bridgehead atoms. The summed E-state index contributed by atoms with van der Waals surface area (Å²) in [7, 11) is 0. The summed E-state index contributed by atoms with van der Waals surface area (Å²) >= 11 is 0. The van der Waals surface area contributed by atoms with E-state index in [2.05, 4.69) is 20.2 Å². The van der Waals surface area contributed by atoms with E-state index in [1.807, 2.05) is 13.1 Å². The van der Waals surface area contributed by atoms with E-state index >= 15 is 0 Å². The Labute approximate surface area is 146 Å². The highest BCUT2D eigenvalue weighted by Crippen LogP contribution is 2.29. The Balaban J connectivity index is 1.63. The minimum Gasteiger partial charge on any atom is -0.352 e. The van der Waals surface area contributed by atoms with Gasteiger partial charge in [0.05, 0.1) is 5.69 Å². The zero-order chi connectivity index (χ0) is 17.4. The molecule has 130 valence electrons. The van der Waals surface area contributed by atoms with E-state index in [9.17, 15) is 9.18 Å². The molecule has 0 spiro atoms. The van der Waals surface area contributed by atoms with Crippen molar-refractivity contribution in [2.24, 2.45) is 0 Å². The molecule has 1 fully saturated rings. The van der Waals surface area contributed by atoms with Crippen LogP contribution in [0.1, 0.15) is 41.5 Å². The third kappa shape index (κ3) is 3.54. The molecule has 1 saturated carbocycles. The summed E-state index contributed by atoms with van der Waals surface area (Å²) in [6.07, 6.45) is 4.77. The minimum absolute atomic E-state index is 0.0108. The first-order valence-electron chi connectivity index (χ1n) is 8.71. The van der Waals surface area contributed by atoms with Gasteiger partial charge in [0, 0.05) is 25.3 Å². The lowest BCUT2D eigenvalue weighted by atomic mass is 9.99. The Kier molecular flexibility index (Phi) is 4.21. The first-order chi connectivity index (χ1) is 12.1. The molecule has 5 nitrogen and oxygen atoms in total. The summed E-state index contributed by atoms with van der Waals surface area (Å²) in [5.41, 5.74) is 2.93. The monoisotopic (exact) mass is 340 g/mol. The number of carbonyl (C=O) groups excluding carboxylic acids is 1. The molecule has 1 aromatic carbocycles. The number of benzene rings is 1. The molecule has 1 unspecified atom stereocenters. The van der Waals surface area contributed by atoms with Gasteiger partial charge in [-0.2, -0.15) is 0 Å². The second kappa shape index (κ2) is 6.52. The third-order valence-electron chi connectivity index (χ3n) is 4.82. The van der Waals surface area contributed by atoms with Gasteiger partial charge in [-0.1, -0.05) is 12.1 Å². The van der Waals surface area contributed by atoms with Gasteiger partial charge in [0.15, 0.2) is 0 Å². The van der Waals surface area contributed by atoms with Crippen LogP contribution >= 0.6 is 0 Å². The van der Waals surface area contributed by atoms with Crippen LogP contribution < -0.4 is 5.32 Å². The number of halogens is 1. The van der Waals surface area contributed by atoms with Crippen LogP contribution in [-0.2, 0) is 17.8 Å². The molecule has 2 aliphatic rings. The first kappa shape index (κ1) is 16.1. The van der Waals surface area contributed by atoms with Crippen LogP contribution in [-0.4, -0.2) is 33.4 Å². The van der Waals surface area contributed by atoms with Gasteiger partial charge in [0.1, 0.15) is 17.7 Å². The standard InChI is InChI=1S/C19H21FN4O/c1-12-21-10-14-8-9-24(11-17(14)22-12)18(19(25)23-16-6-7-16)13-2-4-15(20)5-3-13/h2-5,10,16,18H,6-9,11H2,1H3,(H,23,25). The quantitative estimate of drug-likeness (QED) is 0.928. The summed E-state index contributed by atoms with van der Waals surface area (Å²) in [6, 6.07) is 6.09. The van der Waals surface area contributed by atoms with E-state index in [-0.39, 0.29) is 17.8 Å². The zero-order valence-corrected chi connectivity index (χ0v) is 14.2. The molecule has 1 N–H and O–H groups in total. The number of amides is 1. The fourth-order valence-electron chi connectivity index (χ4n) is 3.32. The lowest BCUT2D eigenvalue weighted by molar-refractivity contribution is -0.127. The number of aromatic nitrogens is 2. The van der Waals surface area contributed by atoms with Crippen molar-refractivity contribution in [1.82, 2.24) is 20.2 Å². The average Bonchev–Trinajstić information content (AvgIpc) is 3.40. The second-order valence-electron chi connectivity index (χ2n) is 6.85. The number of rotatable bonds is 4. The molecule has 1 aromatic heterocycles. The van der Waals surface area contributed by atoms with Gasteiger partial charge in [-0.05, 0) is 49.4 Å². The predicted molar refractivity (Wildman–Crippen MR) is 91.2 cm³/mol. The summed E-state index contributed by atoms with van der Waals surface area (Å²) in [5, 5.41) is 3.09. The smallest absolute Gasteiger partial charge is 0.242 e. The van der Waals surface area contributed by atoms with Gasteiger partial charge in [0.2, 0.25) is 5.91 Å². The lowest BCUT2D eigenvalue weighted by Crippen LogP contribution is -2.43. The van der Waals surface area contributed by atoms with Crippen LogP contribution in [0.2, 0.25) is 0 Å². The average molecular weight is 340 g/mol. The number of hydrogen-bond donors (Lipinski definition) is 1. The topological polar surface area (TPSA) is 58.1 Å². The first-order valence-corrected chi connectivity index (χ1v) is 8.71. The highest BCUT2D eigenvalue weighted by atomic mass is 19.1. The Morgan fingerprint density at radius 2 is 2.08 bits per heavy atom. The maximum Gasteiger partial charge on any atom is 0.242 e. The van der Waals surface area contributed by atoms with Crippen LogP contribution in [0.4, 0.5) is 4.39 Å². The molecule has 25 heavy (non-hydrogen) atoms. The highest BCUT2D eigenvalue weighted by Gasteiger charge is 2.34. The lowest BCUT2D eigenvalue weighted by Gasteiger charge is -2.34. The Morgan fingerprint density at radius 1 is 1.32 bits per heavy atom. The Morgan fingerprint density at radius 3 is 2.80 bits per heavy atom. The summed E-state index contributed by atoms with van der Waals surface area (Å²) in [6.45, 7) is 3.22. The largest absolute Gasteiger partial charge is 0.352 e. The molecule has 6 heteroatoms. The molecule has 1 aliphatic carbocycles. The van der Waals surface area contributed by atoms with Crippen LogP contribution in [0, 0.1) is 12.7 Å². The molecular weight excluding hydrogens is 319 g/mol. The van der Waals surface area contributed by atoms with Crippen molar-refractivity contribution < 1.29 is 9.18 Å². The number of hydrogen-bond acceptors (Lipinski definition) is 4. The fourth-order valence-corrected chi connectivity index (χ4v) is 3.32. The van der Waals surface area contributed by atoms with Gasteiger partial charge in [-0.25, -0.2) is 14.4 Å². The molecule has 0 radical (unpaired) electrons. The molecule has 1 atom stereocenters. The van der Waals surface area contributed by atoms with Gasteiger partial charge >= 0.3 is 0 Å². The van der Waals surface area contributed by atoms with Crippen molar-refractivity contribution in [1.29, 1.82) is 0 Å². The molecule has 0 saturated heterocycles. The molecule has 4 rings (SSSR count). The van der Waals surface area contributed by atoms with E-state index in [1.54, 1.807) is 12.1 Å². The van der Waals surface area contributed by atoms with Gasteiger partial charge < -0.3 is 5.32 Å². The van der Waals surface area contributed by atoms with Crippen molar-refractivity contribution in [2.75, 3.05) is 6.54 Å². The maximum atomic E-state index is 13.3.